The first kappa shape index (κ1) is 17.6. The zero-order valence-electron chi connectivity index (χ0n) is 12.5. The van der Waals surface area contributed by atoms with Crippen LogP contribution in [-0.4, -0.2) is 5.11 Å². The standard InChI is InChI=1S/C19H14Cl2OS2/c20-13-5-9-15(10-6-13)23-19(17-3-1-2-4-18(17)22)24-16-11-7-14(21)8-12-16/h1-12,19,22H. The lowest BCUT2D eigenvalue weighted by Gasteiger charge is -2.18. The average molecular weight is 393 g/mol. The van der Waals surface area contributed by atoms with Gasteiger partial charge in [-0.3, -0.25) is 0 Å². The van der Waals surface area contributed by atoms with Crippen LogP contribution in [0.2, 0.25) is 10.0 Å². The zero-order valence-corrected chi connectivity index (χ0v) is 15.7. The molecule has 3 aromatic rings. The molecule has 0 fully saturated rings. The quantitative estimate of drug-likeness (QED) is 0.363. The number of benzene rings is 3. The fourth-order valence-electron chi connectivity index (χ4n) is 2.11. The van der Waals surface area contributed by atoms with E-state index in [1.165, 1.54) is 0 Å². The Morgan fingerprint density at radius 2 is 1.12 bits per heavy atom. The average Bonchev–Trinajstić information content (AvgIpc) is 2.59. The second-order valence-corrected chi connectivity index (χ2v) is 8.56. The van der Waals surface area contributed by atoms with E-state index in [4.69, 9.17) is 23.2 Å². The molecule has 0 bridgehead atoms. The van der Waals surface area contributed by atoms with Crippen molar-refractivity contribution in [3.05, 3.63) is 88.4 Å². The zero-order chi connectivity index (χ0) is 16.9. The van der Waals surface area contributed by atoms with E-state index in [0.29, 0.717) is 15.8 Å². The number of rotatable bonds is 5. The van der Waals surface area contributed by atoms with Crippen LogP contribution in [0.25, 0.3) is 0 Å². The fourth-order valence-corrected chi connectivity index (χ4v) is 4.96. The van der Waals surface area contributed by atoms with Gasteiger partial charge in [0.05, 0.1) is 4.58 Å². The lowest BCUT2D eigenvalue weighted by Crippen LogP contribution is -1.91. The van der Waals surface area contributed by atoms with E-state index in [1.54, 1.807) is 29.6 Å². The number of para-hydroxylation sites is 1. The van der Waals surface area contributed by atoms with Gasteiger partial charge in [0.2, 0.25) is 0 Å². The molecule has 0 atom stereocenters. The number of halogens is 2. The number of aromatic hydroxyl groups is 1. The highest BCUT2D eigenvalue weighted by atomic mass is 35.5. The van der Waals surface area contributed by atoms with E-state index in [9.17, 15) is 5.11 Å². The van der Waals surface area contributed by atoms with Gasteiger partial charge in [0.15, 0.2) is 0 Å². The van der Waals surface area contributed by atoms with Crippen LogP contribution in [0.15, 0.2) is 82.6 Å². The number of thioether (sulfide) groups is 2. The summed E-state index contributed by atoms with van der Waals surface area (Å²) in [5.74, 6) is 0.297. The molecule has 0 spiro atoms. The minimum atomic E-state index is 0.00792. The summed E-state index contributed by atoms with van der Waals surface area (Å²) in [6.07, 6.45) is 0. The lowest BCUT2D eigenvalue weighted by atomic mass is 10.2. The van der Waals surface area contributed by atoms with Crippen LogP contribution in [0.3, 0.4) is 0 Å². The van der Waals surface area contributed by atoms with E-state index >= 15 is 0 Å². The minimum Gasteiger partial charge on any atom is -0.508 e. The molecular formula is C19H14Cl2OS2. The van der Waals surface area contributed by atoms with Crippen LogP contribution < -0.4 is 0 Å². The van der Waals surface area contributed by atoms with Crippen LogP contribution in [-0.2, 0) is 0 Å². The molecule has 24 heavy (non-hydrogen) atoms. The fraction of sp³-hybridized carbons (Fsp3) is 0.0526. The van der Waals surface area contributed by atoms with Gasteiger partial charge in [-0.2, -0.15) is 0 Å². The molecule has 0 saturated heterocycles. The summed E-state index contributed by atoms with van der Waals surface area (Å²) in [7, 11) is 0. The van der Waals surface area contributed by atoms with Gasteiger partial charge in [0, 0.05) is 25.4 Å². The van der Waals surface area contributed by atoms with E-state index < -0.39 is 0 Å². The summed E-state index contributed by atoms with van der Waals surface area (Å²) in [5, 5.41) is 11.7. The summed E-state index contributed by atoms with van der Waals surface area (Å²) in [5.41, 5.74) is 0.886. The number of phenols is 1. The van der Waals surface area contributed by atoms with Gasteiger partial charge in [-0.05, 0) is 54.6 Å². The van der Waals surface area contributed by atoms with Gasteiger partial charge in [-0.25, -0.2) is 0 Å². The second kappa shape index (κ2) is 8.21. The highest BCUT2D eigenvalue weighted by molar-refractivity contribution is 8.16. The van der Waals surface area contributed by atoms with Gasteiger partial charge < -0.3 is 5.11 Å². The number of hydrogen-bond acceptors (Lipinski definition) is 3. The monoisotopic (exact) mass is 392 g/mol. The van der Waals surface area contributed by atoms with Crippen molar-refractivity contribution < 1.29 is 5.11 Å². The molecule has 0 unspecified atom stereocenters. The van der Waals surface area contributed by atoms with Crippen molar-refractivity contribution in [2.75, 3.05) is 0 Å². The number of hydrogen-bond donors (Lipinski definition) is 1. The maximum atomic E-state index is 10.3. The van der Waals surface area contributed by atoms with Crippen molar-refractivity contribution in [2.45, 2.75) is 14.4 Å². The van der Waals surface area contributed by atoms with Crippen LogP contribution in [0.5, 0.6) is 5.75 Å². The van der Waals surface area contributed by atoms with Crippen molar-refractivity contribution in [1.29, 1.82) is 0 Å². The van der Waals surface area contributed by atoms with Gasteiger partial charge >= 0.3 is 0 Å². The van der Waals surface area contributed by atoms with Crippen LogP contribution in [0.4, 0.5) is 0 Å². The molecule has 1 N–H and O–H groups in total. The van der Waals surface area contributed by atoms with Crippen LogP contribution in [0, 0.1) is 0 Å². The summed E-state index contributed by atoms with van der Waals surface area (Å²) in [4.78, 5) is 2.18. The minimum absolute atomic E-state index is 0.00792. The molecule has 0 aliphatic carbocycles. The summed E-state index contributed by atoms with van der Waals surface area (Å²) < 4.78 is 0.00792. The molecule has 1 nitrogen and oxygen atoms in total. The molecule has 0 radical (unpaired) electrons. The molecule has 0 amide bonds. The molecule has 3 aromatic carbocycles. The third-order valence-corrected chi connectivity index (χ3v) is 6.41. The maximum absolute atomic E-state index is 10.3. The van der Waals surface area contributed by atoms with Crippen molar-refractivity contribution in [3.8, 4) is 5.75 Å². The molecule has 0 saturated carbocycles. The Morgan fingerprint density at radius 1 is 0.667 bits per heavy atom. The molecular weight excluding hydrogens is 379 g/mol. The molecule has 0 aliphatic rings. The molecule has 5 heteroatoms. The number of phenolic OH excluding ortho intramolecular Hbond substituents is 1. The lowest BCUT2D eigenvalue weighted by molar-refractivity contribution is 0.470. The highest BCUT2D eigenvalue weighted by Crippen LogP contribution is 2.49. The van der Waals surface area contributed by atoms with Crippen molar-refractivity contribution in [3.63, 3.8) is 0 Å². The van der Waals surface area contributed by atoms with Gasteiger partial charge in [0.25, 0.3) is 0 Å². The highest BCUT2D eigenvalue weighted by Gasteiger charge is 2.18. The predicted octanol–water partition coefficient (Wildman–Crippen LogP) is 7.28. The largest absolute Gasteiger partial charge is 0.508 e. The summed E-state index contributed by atoms with van der Waals surface area (Å²) in [6, 6.07) is 22.9. The third kappa shape index (κ3) is 4.64. The Bertz CT molecular complexity index is 757. The van der Waals surface area contributed by atoms with E-state index in [2.05, 4.69) is 0 Å². The van der Waals surface area contributed by atoms with Gasteiger partial charge in [-0.1, -0.05) is 41.4 Å². The van der Waals surface area contributed by atoms with E-state index in [0.717, 1.165) is 15.4 Å². The second-order valence-electron chi connectivity index (χ2n) is 5.03. The van der Waals surface area contributed by atoms with Gasteiger partial charge in [-0.15, -0.1) is 23.5 Å². The Kier molecular flexibility index (Phi) is 6.01. The van der Waals surface area contributed by atoms with Crippen molar-refractivity contribution in [1.82, 2.24) is 0 Å². The van der Waals surface area contributed by atoms with Crippen LogP contribution in [0.1, 0.15) is 10.1 Å². The van der Waals surface area contributed by atoms with E-state index in [1.807, 2.05) is 66.7 Å². The Labute approximate surface area is 160 Å². The molecule has 0 heterocycles. The van der Waals surface area contributed by atoms with Crippen LogP contribution >= 0.6 is 46.7 Å². The smallest absolute Gasteiger partial charge is 0.120 e. The topological polar surface area (TPSA) is 20.2 Å². The molecule has 3 rings (SSSR count). The van der Waals surface area contributed by atoms with E-state index in [-0.39, 0.29) is 4.58 Å². The first-order valence-corrected chi connectivity index (χ1v) is 9.76. The molecule has 122 valence electrons. The first-order chi connectivity index (χ1) is 11.6. The van der Waals surface area contributed by atoms with Crippen molar-refractivity contribution >= 4 is 46.7 Å². The summed E-state index contributed by atoms with van der Waals surface area (Å²) >= 11 is 15.3. The predicted molar refractivity (Wildman–Crippen MR) is 105 cm³/mol. The SMILES string of the molecule is Oc1ccccc1C(Sc1ccc(Cl)cc1)Sc1ccc(Cl)cc1. The third-order valence-electron chi connectivity index (χ3n) is 3.30. The van der Waals surface area contributed by atoms with Gasteiger partial charge in [0.1, 0.15) is 5.75 Å². The Hall–Kier alpha value is -1.26. The van der Waals surface area contributed by atoms with Crippen molar-refractivity contribution in [2.24, 2.45) is 0 Å². The Morgan fingerprint density at radius 3 is 1.58 bits per heavy atom. The molecule has 0 aromatic heterocycles. The normalized spacial score (nSPS) is 11.0. The maximum Gasteiger partial charge on any atom is 0.120 e. The Balaban J connectivity index is 1.89. The first-order valence-electron chi connectivity index (χ1n) is 7.24. The summed E-state index contributed by atoms with van der Waals surface area (Å²) in [6.45, 7) is 0. The molecule has 0 aliphatic heterocycles.